The lowest BCUT2D eigenvalue weighted by Gasteiger charge is -2.37. The first-order valence-electron chi connectivity index (χ1n) is 14.4. The molecule has 4 rings (SSSR count). The first kappa shape index (κ1) is 31.5. The van der Waals surface area contributed by atoms with Crippen LogP contribution < -0.4 is 27.4 Å². The molecule has 2 aliphatic rings. The van der Waals surface area contributed by atoms with Gasteiger partial charge in [0.2, 0.25) is 0 Å². The number of nitrogens with zero attached hydrogens (tertiary/aromatic N) is 4. The number of allylic oxidation sites excluding steroid dienone is 1. The number of morpholine rings is 1. The zero-order valence-electron chi connectivity index (χ0n) is 25.3. The molecular weight excluding hydrogens is 548 g/mol. The molecule has 1 aromatic carbocycles. The monoisotopic (exact) mass is 590 g/mol. The Morgan fingerprint density at radius 3 is 2.60 bits per heavy atom. The summed E-state index contributed by atoms with van der Waals surface area (Å²) in [6, 6.07) is 7.32. The Hall–Kier alpha value is -4.42. The number of nitrogens with two attached hydrogens (primary N) is 3. The molecule has 0 bridgehead atoms. The van der Waals surface area contributed by atoms with Crippen molar-refractivity contribution in [2.24, 2.45) is 22.2 Å². The van der Waals surface area contributed by atoms with Crippen LogP contribution in [0.2, 0.25) is 0 Å². The van der Waals surface area contributed by atoms with Crippen LogP contribution in [-0.2, 0) is 20.7 Å². The van der Waals surface area contributed by atoms with E-state index in [0.29, 0.717) is 50.7 Å². The molecule has 2 amide bonds. The van der Waals surface area contributed by atoms with Gasteiger partial charge in [0, 0.05) is 32.4 Å². The van der Waals surface area contributed by atoms with Crippen LogP contribution >= 0.6 is 0 Å². The van der Waals surface area contributed by atoms with Crippen LogP contribution in [0.25, 0.3) is 5.70 Å². The molecular formula is C31H42N8O4. The molecule has 1 atom stereocenters. The first-order chi connectivity index (χ1) is 20.5. The summed E-state index contributed by atoms with van der Waals surface area (Å²) in [6.45, 7) is 10.6. The number of carbonyl (C=O) groups is 2. The number of carbonyl (C=O) groups excluding carboxylic acids is 2. The highest BCUT2D eigenvalue weighted by atomic mass is 16.6. The van der Waals surface area contributed by atoms with Crippen molar-refractivity contribution in [3.63, 3.8) is 0 Å². The average molecular weight is 591 g/mol. The minimum atomic E-state index is -0.597. The van der Waals surface area contributed by atoms with Gasteiger partial charge in [-0.15, -0.1) is 0 Å². The minimum Gasteiger partial charge on any atom is -0.444 e. The molecule has 7 N–H and O–H groups in total. The van der Waals surface area contributed by atoms with Crippen molar-refractivity contribution in [1.82, 2.24) is 9.88 Å². The van der Waals surface area contributed by atoms with Crippen LogP contribution in [0, 0.1) is 0 Å². The maximum absolute atomic E-state index is 13.2. The normalized spacial score (nSPS) is 18.3. The number of aliphatic imine (C=N–C) groups is 1. The molecule has 2 aromatic rings. The lowest BCUT2D eigenvalue weighted by atomic mass is 9.90. The van der Waals surface area contributed by atoms with Gasteiger partial charge >= 0.3 is 6.09 Å². The van der Waals surface area contributed by atoms with Crippen LogP contribution in [0.5, 0.6) is 0 Å². The third kappa shape index (κ3) is 7.70. The van der Waals surface area contributed by atoms with Crippen LogP contribution in [0.4, 0.5) is 16.2 Å². The second-order valence-corrected chi connectivity index (χ2v) is 11.3. The molecule has 1 aromatic heterocycles. The van der Waals surface area contributed by atoms with Gasteiger partial charge in [-0.05, 0) is 62.9 Å². The van der Waals surface area contributed by atoms with E-state index in [1.165, 1.54) is 6.20 Å². The van der Waals surface area contributed by atoms with Gasteiger partial charge in [-0.3, -0.25) is 14.7 Å². The first-order valence-corrected chi connectivity index (χ1v) is 14.4. The number of pyridine rings is 1. The maximum Gasteiger partial charge on any atom is 0.410 e. The van der Waals surface area contributed by atoms with Crippen molar-refractivity contribution in [3.8, 4) is 0 Å². The summed E-state index contributed by atoms with van der Waals surface area (Å²) < 4.78 is 11.0. The number of aromatic nitrogens is 1. The zero-order chi connectivity index (χ0) is 31.1. The smallest absolute Gasteiger partial charge is 0.410 e. The number of amidine groups is 1. The van der Waals surface area contributed by atoms with Crippen LogP contribution in [0.15, 0.2) is 59.5 Å². The van der Waals surface area contributed by atoms with Gasteiger partial charge in [-0.2, -0.15) is 0 Å². The van der Waals surface area contributed by atoms with E-state index in [2.05, 4.69) is 20.2 Å². The Balaban J connectivity index is 1.48. The number of ether oxygens (including phenoxy) is 2. The van der Waals surface area contributed by atoms with Gasteiger partial charge in [0.15, 0.2) is 0 Å². The Kier molecular flexibility index (Phi) is 10.0. The van der Waals surface area contributed by atoms with Gasteiger partial charge in [-0.25, -0.2) is 9.79 Å². The molecule has 2 aliphatic heterocycles. The molecule has 0 saturated carbocycles. The lowest BCUT2D eigenvalue weighted by molar-refractivity contribution is -0.112. The molecule has 12 heteroatoms. The lowest BCUT2D eigenvalue weighted by Crippen LogP contribution is -2.45. The summed E-state index contributed by atoms with van der Waals surface area (Å²) in [4.78, 5) is 38.3. The topological polar surface area (TPSA) is 174 Å². The third-order valence-corrected chi connectivity index (χ3v) is 7.23. The SMILES string of the molecule is C\C=C(C(=O)Nc1cnccc1N1CCOCC1)/C(N)=N\C=C(/N)c1ccc2c(c1)CCN(C(=O)OC(C)(C)C)C2CN. The van der Waals surface area contributed by atoms with E-state index >= 15 is 0 Å². The van der Waals surface area contributed by atoms with Gasteiger partial charge in [0.05, 0.1) is 54.3 Å². The summed E-state index contributed by atoms with van der Waals surface area (Å²) in [5.41, 5.74) is 22.9. The zero-order valence-corrected chi connectivity index (χ0v) is 25.3. The summed E-state index contributed by atoms with van der Waals surface area (Å²) in [7, 11) is 0. The number of amides is 2. The number of benzene rings is 1. The van der Waals surface area contributed by atoms with E-state index in [1.807, 2.05) is 45.0 Å². The minimum absolute atomic E-state index is 0.0221. The van der Waals surface area contributed by atoms with Crippen molar-refractivity contribution in [1.29, 1.82) is 0 Å². The quantitative estimate of drug-likeness (QED) is 0.215. The second-order valence-electron chi connectivity index (χ2n) is 11.3. The number of anilines is 2. The van der Waals surface area contributed by atoms with E-state index < -0.39 is 11.5 Å². The van der Waals surface area contributed by atoms with E-state index in [-0.39, 0.29) is 30.1 Å². The fraction of sp³-hybridized carbons (Fsp3) is 0.419. The molecule has 1 fully saturated rings. The predicted octanol–water partition coefficient (Wildman–Crippen LogP) is 2.91. The summed E-state index contributed by atoms with van der Waals surface area (Å²) in [6.07, 6.45) is 6.58. The van der Waals surface area contributed by atoms with E-state index in [9.17, 15) is 9.59 Å². The molecule has 1 unspecified atom stereocenters. The van der Waals surface area contributed by atoms with Crippen LogP contribution in [0.1, 0.15) is 50.4 Å². The van der Waals surface area contributed by atoms with Crippen LogP contribution in [0.3, 0.4) is 0 Å². The Morgan fingerprint density at radius 1 is 1.19 bits per heavy atom. The van der Waals surface area contributed by atoms with E-state index in [1.54, 1.807) is 30.3 Å². The average Bonchev–Trinajstić information content (AvgIpc) is 2.99. The number of nitrogens with one attached hydrogen (secondary N) is 1. The van der Waals surface area contributed by atoms with E-state index in [4.69, 9.17) is 26.7 Å². The Labute approximate surface area is 252 Å². The standard InChI is InChI=1S/C31H42N8O4/c1-5-22(29(40)37-25-19-35-10-8-26(25)38-12-14-42-15-13-38)28(34)36-18-24(33)21-6-7-23-20(16-21)9-11-39(27(23)17-32)30(41)43-31(2,3)4/h5-8,10,16,18-19,27H,9,11-15,17,32-33H2,1-4H3,(H2,34,36)(H,37,40)/b22-5+,24-18-. The number of hydrogen-bond acceptors (Lipinski definition) is 9. The fourth-order valence-corrected chi connectivity index (χ4v) is 5.12. The largest absolute Gasteiger partial charge is 0.444 e. The highest BCUT2D eigenvalue weighted by Gasteiger charge is 2.33. The fourth-order valence-electron chi connectivity index (χ4n) is 5.12. The summed E-state index contributed by atoms with van der Waals surface area (Å²) >= 11 is 0. The van der Waals surface area contributed by atoms with Crippen molar-refractivity contribution in [2.75, 3.05) is 49.6 Å². The number of rotatable bonds is 7. The van der Waals surface area contributed by atoms with Crippen molar-refractivity contribution >= 4 is 34.9 Å². The van der Waals surface area contributed by atoms with Gasteiger partial charge in [-0.1, -0.05) is 18.2 Å². The third-order valence-electron chi connectivity index (χ3n) is 7.23. The molecule has 12 nitrogen and oxygen atoms in total. The summed E-state index contributed by atoms with van der Waals surface area (Å²) in [5.74, 6) is -0.386. The summed E-state index contributed by atoms with van der Waals surface area (Å²) in [5, 5.41) is 2.91. The Bertz CT molecular complexity index is 1420. The van der Waals surface area contributed by atoms with E-state index in [0.717, 1.165) is 22.4 Å². The highest BCUT2D eigenvalue weighted by molar-refractivity contribution is 6.24. The number of fused-ring (bicyclic) bond motifs is 1. The molecule has 0 spiro atoms. The van der Waals surface area contributed by atoms with Crippen LogP contribution in [-0.4, -0.2) is 72.7 Å². The maximum atomic E-state index is 13.2. The second kappa shape index (κ2) is 13.7. The van der Waals surface area contributed by atoms with Gasteiger partial charge in [0.25, 0.3) is 5.91 Å². The Morgan fingerprint density at radius 2 is 1.93 bits per heavy atom. The molecule has 0 radical (unpaired) electrons. The predicted molar refractivity (Wildman–Crippen MR) is 168 cm³/mol. The van der Waals surface area contributed by atoms with Crippen molar-refractivity contribution in [3.05, 3.63) is 71.2 Å². The van der Waals surface area contributed by atoms with Crippen molar-refractivity contribution < 1.29 is 19.1 Å². The molecule has 0 aliphatic carbocycles. The number of hydrogen-bond donors (Lipinski definition) is 4. The highest BCUT2D eigenvalue weighted by Crippen LogP contribution is 2.32. The molecule has 43 heavy (non-hydrogen) atoms. The molecule has 1 saturated heterocycles. The van der Waals surface area contributed by atoms with Gasteiger partial charge < -0.3 is 36.9 Å². The molecule has 3 heterocycles. The van der Waals surface area contributed by atoms with Crippen molar-refractivity contribution in [2.45, 2.75) is 45.8 Å². The molecule has 230 valence electrons. The van der Waals surface area contributed by atoms with Gasteiger partial charge in [0.1, 0.15) is 11.4 Å².